The number of carbonyl (C=O) groups is 1. The summed E-state index contributed by atoms with van der Waals surface area (Å²) >= 11 is 0. The normalized spacial score (nSPS) is 9.42. The van der Waals surface area contributed by atoms with Crippen LogP contribution in [0.25, 0.3) is 0 Å². The number of hydrogen-bond donors (Lipinski definition) is 3. The van der Waals surface area contributed by atoms with Crippen molar-refractivity contribution in [3.8, 4) is 0 Å². The Morgan fingerprint density at radius 3 is 3.00 bits per heavy atom. The van der Waals surface area contributed by atoms with Gasteiger partial charge in [-0.05, 0) is 12.1 Å². The first-order chi connectivity index (χ1) is 5.72. The van der Waals surface area contributed by atoms with Gasteiger partial charge < -0.3 is 10.2 Å². The molecule has 0 fully saturated rings. The first-order valence-electron chi connectivity index (χ1n) is 3.28. The first-order valence-corrected chi connectivity index (χ1v) is 3.28. The van der Waals surface area contributed by atoms with Gasteiger partial charge in [0.25, 0.3) is 0 Å². The van der Waals surface area contributed by atoms with Crippen molar-refractivity contribution in [2.75, 3.05) is 5.32 Å². The molecule has 5 nitrogen and oxygen atoms in total. The van der Waals surface area contributed by atoms with Crippen LogP contribution in [0.3, 0.4) is 0 Å². The average molecular weight is 168 g/mol. The molecule has 0 saturated carbocycles. The van der Waals surface area contributed by atoms with E-state index < -0.39 is 6.09 Å². The van der Waals surface area contributed by atoms with E-state index in [1.807, 2.05) is 0 Å². The van der Waals surface area contributed by atoms with Crippen molar-refractivity contribution < 1.29 is 15.0 Å². The molecule has 0 saturated heterocycles. The van der Waals surface area contributed by atoms with Gasteiger partial charge in [0.1, 0.15) is 0 Å². The highest BCUT2D eigenvalue weighted by atomic mass is 16.4. The summed E-state index contributed by atoms with van der Waals surface area (Å²) in [6, 6.07) is 2.97. The van der Waals surface area contributed by atoms with Crippen molar-refractivity contribution in [1.29, 1.82) is 0 Å². The number of rotatable bonds is 2. The number of pyridine rings is 1. The van der Waals surface area contributed by atoms with Crippen LogP contribution >= 0.6 is 0 Å². The zero-order valence-electron chi connectivity index (χ0n) is 6.19. The Hall–Kier alpha value is -1.62. The third kappa shape index (κ3) is 2.21. The van der Waals surface area contributed by atoms with Gasteiger partial charge in [0.2, 0.25) is 0 Å². The molecule has 64 valence electrons. The largest absolute Gasteiger partial charge is 0.465 e. The van der Waals surface area contributed by atoms with Crippen LogP contribution in [0.1, 0.15) is 5.69 Å². The molecule has 1 rings (SSSR count). The molecule has 0 aromatic carbocycles. The lowest BCUT2D eigenvalue weighted by Gasteiger charge is -2.00. The zero-order chi connectivity index (χ0) is 8.97. The fourth-order valence-corrected chi connectivity index (χ4v) is 0.766. The molecule has 3 N–H and O–H groups in total. The third-order valence-corrected chi connectivity index (χ3v) is 1.23. The van der Waals surface area contributed by atoms with Gasteiger partial charge in [-0.25, -0.2) is 4.79 Å². The second-order valence-electron chi connectivity index (χ2n) is 2.12. The summed E-state index contributed by atoms with van der Waals surface area (Å²) in [6.07, 6.45) is 0.293. The van der Waals surface area contributed by atoms with E-state index in [0.29, 0.717) is 11.4 Å². The van der Waals surface area contributed by atoms with E-state index in [0.717, 1.165) is 0 Å². The SMILES string of the molecule is O=C(O)Nc1ccnc(CO)c1. The lowest BCUT2D eigenvalue weighted by atomic mass is 10.3. The Morgan fingerprint density at radius 1 is 1.67 bits per heavy atom. The maximum atomic E-state index is 10.2. The highest BCUT2D eigenvalue weighted by molar-refractivity contribution is 5.82. The van der Waals surface area contributed by atoms with Gasteiger partial charge in [0.15, 0.2) is 0 Å². The molecular weight excluding hydrogens is 160 g/mol. The van der Waals surface area contributed by atoms with Gasteiger partial charge in [-0.2, -0.15) is 0 Å². The van der Waals surface area contributed by atoms with Crippen molar-refractivity contribution >= 4 is 11.8 Å². The molecule has 0 bridgehead atoms. The lowest BCUT2D eigenvalue weighted by Crippen LogP contribution is -2.07. The van der Waals surface area contributed by atoms with Gasteiger partial charge >= 0.3 is 6.09 Å². The Balaban J connectivity index is 2.79. The van der Waals surface area contributed by atoms with Gasteiger partial charge in [0, 0.05) is 11.9 Å². The van der Waals surface area contributed by atoms with Gasteiger partial charge in [-0.3, -0.25) is 10.3 Å². The highest BCUT2D eigenvalue weighted by Gasteiger charge is 1.98. The second kappa shape index (κ2) is 3.68. The first kappa shape index (κ1) is 8.48. The molecule has 1 aromatic rings. The average Bonchev–Trinajstić information content (AvgIpc) is 2.03. The molecular formula is C7H8N2O3. The molecule has 1 heterocycles. The van der Waals surface area contributed by atoms with Crippen LogP contribution in [0.15, 0.2) is 18.3 Å². The molecule has 0 radical (unpaired) electrons. The van der Waals surface area contributed by atoms with E-state index in [9.17, 15) is 4.79 Å². The molecule has 0 spiro atoms. The third-order valence-electron chi connectivity index (χ3n) is 1.23. The monoisotopic (exact) mass is 168 g/mol. The Morgan fingerprint density at radius 2 is 2.42 bits per heavy atom. The van der Waals surface area contributed by atoms with E-state index >= 15 is 0 Å². The van der Waals surface area contributed by atoms with Crippen LogP contribution in [0, 0.1) is 0 Å². The van der Waals surface area contributed by atoms with Gasteiger partial charge in [-0.1, -0.05) is 0 Å². The molecule has 5 heteroatoms. The smallest absolute Gasteiger partial charge is 0.409 e. The van der Waals surface area contributed by atoms with Crippen LogP contribution in [0.2, 0.25) is 0 Å². The van der Waals surface area contributed by atoms with E-state index in [2.05, 4.69) is 10.3 Å². The molecule has 1 amide bonds. The van der Waals surface area contributed by atoms with Crippen LogP contribution in [-0.4, -0.2) is 21.3 Å². The number of carboxylic acid groups (broad SMARTS) is 1. The van der Waals surface area contributed by atoms with Crippen molar-refractivity contribution in [1.82, 2.24) is 4.98 Å². The minimum absolute atomic E-state index is 0.199. The summed E-state index contributed by atoms with van der Waals surface area (Å²) in [7, 11) is 0. The predicted octanol–water partition coefficient (Wildman–Crippen LogP) is 0.664. The Labute approximate surface area is 68.7 Å². The molecule has 1 aromatic heterocycles. The number of anilines is 1. The maximum absolute atomic E-state index is 10.2. The molecule has 0 aliphatic heterocycles. The van der Waals surface area contributed by atoms with Crippen LogP contribution in [0.5, 0.6) is 0 Å². The summed E-state index contributed by atoms with van der Waals surface area (Å²) in [5.74, 6) is 0. The lowest BCUT2D eigenvalue weighted by molar-refractivity contribution is 0.209. The van der Waals surface area contributed by atoms with Crippen molar-refractivity contribution in [3.05, 3.63) is 24.0 Å². The molecule has 0 aliphatic carbocycles. The van der Waals surface area contributed by atoms with E-state index in [1.54, 1.807) is 0 Å². The number of aliphatic hydroxyl groups excluding tert-OH is 1. The molecule has 12 heavy (non-hydrogen) atoms. The number of amides is 1. The number of nitrogens with zero attached hydrogens (tertiary/aromatic N) is 1. The second-order valence-corrected chi connectivity index (χ2v) is 2.12. The van der Waals surface area contributed by atoms with E-state index in [4.69, 9.17) is 10.2 Å². The van der Waals surface area contributed by atoms with Gasteiger partial charge in [-0.15, -0.1) is 0 Å². The quantitative estimate of drug-likeness (QED) is 0.605. The zero-order valence-corrected chi connectivity index (χ0v) is 6.19. The van der Waals surface area contributed by atoms with Crippen LogP contribution in [0.4, 0.5) is 10.5 Å². The fourth-order valence-electron chi connectivity index (χ4n) is 0.766. The summed E-state index contributed by atoms with van der Waals surface area (Å²) < 4.78 is 0. The topological polar surface area (TPSA) is 82.5 Å². The minimum atomic E-state index is -1.13. The number of aliphatic hydroxyl groups is 1. The Kier molecular flexibility index (Phi) is 2.60. The number of hydrogen-bond acceptors (Lipinski definition) is 3. The van der Waals surface area contributed by atoms with E-state index in [1.165, 1.54) is 18.3 Å². The van der Waals surface area contributed by atoms with Crippen molar-refractivity contribution in [2.24, 2.45) is 0 Å². The fraction of sp³-hybridized carbons (Fsp3) is 0.143. The maximum Gasteiger partial charge on any atom is 0.409 e. The van der Waals surface area contributed by atoms with Crippen molar-refractivity contribution in [3.63, 3.8) is 0 Å². The summed E-state index contributed by atoms with van der Waals surface area (Å²) in [4.78, 5) is 14.0. The molecule has 0 unspecified atom stereocenters. The summed E-state index contributed by atoms with van der Waals surface area (Å²) in [5.41, 5.74) is 0.836. The van der Waals surface area contributed by atoms with Gasteiger partial charge in [0.05, 0.1) is 12.3 Å². The molecule has 0 aliphatic rings. The number of aromatic nitrogens is 1. The molecule has 0 atom stereocenters. The predicted molar refractivity (Wildman–Crippen MR) is 41.8 cm³/mol. The minimum Gasteiger partial charge on any atom is -0.465 e. The van der Waals surface area contributed by atoms with Crippen LogP contribution < -0.4 is 5.32 Å². The van der Waals surface area contributed by atoms with E-state index in [-0.39, 0.29) is 6.61 Å². The Bertz CT molecular complexity index is 288. The summed E-state index contributed by atoms with van der Waals surface area (Å²) in [5, 5.41) is 19.1. The number of nitrogens with one attached hydrogen (secondary N) is 1. The van der Waals surface area contributed by atoms with Crippen LogP contribution in [-0.2, 0) is 6.61 Å². The standard InChI is InChI=1S/C7H8N2O3/c10-4-6-3-5(1-2-8-6)9-7(11)12/h1-3,10H,4H2,(H,8,9)(H,11,12). The highest BCUT2D eigenvalue weighted by Crippen LogP contribution is 2.07. The summed E-state index contributed by atoms with van der Waals surface area (Å²) in [6.45, 7) is -0.199. The van der Waals surface area contributed by atoms with Crippen molar-refractivity contribution in [2.45, 2.75) is 6.61 Å².